The van der Waals surface area contributed by atoms with Crippen LogP contribution >= 0.6 is 11.8 Å². The van der Waals surface area contributed by atoms with Crippen molar-refractivity contribution in [1.82, 2.24) is 5.32 Å². The van der Waals surface area contributed by atoms with Crippen LogP contribution in [0.15, 0.2) is 24.3 Å². The maximum atomic E-state index is 12.6. The molecule has 0 radical (unpaired) electrons. The summed E-state index contributed by atoms with van der Waals surface area (Å²) in [5, 5.41) is 2.79. The summed E-state index contributed by atoms with van der Waals surface area (Å²) >= 11 is 1.50. The van der Waals surface area contributed by atoms with Gasteiger partial charge in [-0.05, 0) is 30.4 Å². The number of halogens is 1. The molecule has 2 nitrogen and oxygen atoms in total. The number of amides is 1. The number of carbonyl (C=O) groups excluding carboxylic acids is 1. The second-order valence-electron chi connectivity index (χ2n) is 3.16. The molecule has 15 heavy (non-hydrogen) atoms. The van der Waals surface area contributed by atoms with E-state index >= 15 is 0 Å². The van der Waals surface area contributed by atoms with Gasteiger partial charge in [0.2, 0.25) is 5.91 Å². The summed E-state index contributed by atoms with van der Waals surface area (Å²) in [6.45, 7) is 0.602. The van der Waals surface area contributed by atoms with Crippen molar-refractivity contribution >= 4 is 17.7 Å². The van der Waals surface area contributed by atoms with Crippen LogP contribution in [0.3, 0.4) is 0 Å². The lowest BCUT2D eigenvalue weighted by atomic mass is 10.1. The molecule has 1 N–H and O–H groups in total. The molecule has 0 spiro atoms. The van der Waals surface area contributed by atoms with Crippen molar-refractivity contribution in [3.63, 3.8) is 0 Å². The third-order valence-corrected chi connectivity index (χ3v) is 2.48. The van der Waals surface area contributed by atoms with Gasteiger partial charge in [-0.3, -0.25) is 4.79 Å². The van der Waals surface area contributed by atoms with Crippen molar-refractivity contribution in [3.8, 4) is 0 Å². The van der Waals surface area contributed by atoms with Crippen LogP contribution in [0, 0.1) is 5.82 Å². The number of benzene rings is 1. The number of nitrogens with one attached hydrogen (secondary N) is 1. The van der Waals surface area contributed by atoms with Gasteiger partial charge in [-0.1, -0.05) is 12.1 Å². The zero-order valence-corrected chi connectivity index (χ0v) is 9.44. The third kappa shape index (κ3) is 4.83. The highest BCUT2D eigenvalue weighted by Gasteiger charge is 1.99. The summed E-state index contributed by atoms with van der Waals surface area (Å²) in [7, 11) is 0. The van der Waals surface area contributed by atoms with Crippen molar-refractivity contribution in [2.45, 2.75) is 6.42 Å². The standard InChI is InChI=1S/C11H14FNOS/c1-15-8-11(14)13-7-6-9-2-4-10(12)5-3-9/h2-5H,6-8H2,1H3,(H,13,14). The Morgan fingerprint density at radius 3 is 2.67 bits per heavy atom. The van der Waals surface area contributed by atoms with Crippen molar-refractivity contribution in [1.29, 1.82) is 0 Å². The molecular formula is C11H14FNOS. The van der Waals surface area contributed by atoms with E-state index < -0.39 is 0 Å². The van der Waals surface area contributed by atoms with Gasteiger partial charge in [0.1, 0.15) is 5.82 Å². The van der Waals surface area contributed by atoms with Gasteiger partial charge in [-0.15, -0.1) is 0 Å². The monoisotopic (exact) mass is 227 g/mol. The van der Waals surface area contributed by atoms with Gasteiger partial charge in [-0.25, -0.2) is 4.39 Å². The minimum atomic E-state index is -0.231. The first-order chi connectivity index (χ1) is 7.22. The van der Waals surface area contributed by atoms with Crippen molar-refractivity contribution in [2.75, 3.05) is 18.6 Å². The molecule has 0 aliphatic carbocycles. The van der Waals surface area contributed by atoms with E-state index in [0.29, 0.717) is 12.3 Å². The SMILES string of the molecule is CSCC(=O)NCCc1ccc(F)cc1. The van der Waals surface area contributed by atoms with Crippen LogP contribution in [0.1, 0.15) is 5.56 Å². The van der Waals surface area contributed by atoms with Gasteiger partial charge >= 0.3 is 0 Å². The molecule has 4 heteroatoms. The second kappa shape index (κ2) is 6.45. The van der Waals surface area contributed by atoms with Gasteiger partial charge in [0, 0.05) is 6.54 Å². The van der Waals surface area contributed by atoms with E-state index in [1.165, 1.54) is 23.9 Å². The Morgan fingerprint density at radius 2 is 2.07 bits per heavy atom. The average molecular weight is 227 g/mol. The average Bonchev–Trinajstić information content (AvgIpc) is 2.21. The van der Waals surface area contributed by atoms with E-state index in [1.807, 2.05) is 6.26 Å². The highest BCUT2D eigenvalue weighted by molar-refractivity contribution is 7.99. The molecule has 1 rings (SSSR count). The molecule has 0 saturated carbocycles. The van der Waals surface area contributed by atoms with Crippen LogP contribution < -0.4 is 5.32 Å². The van der Waals surface area contributed by atoms with E-state index in [4.69, 9.17) is 0 Å². The van der Waals surface area contributed by atoms with Crippen LogP contribution in [-0.2, 0) is 11.2 Å². The topological polar surface area (TPSA) is 29.1 Å². The Kier molecular flexibility index (Phi) is 5.18. The fourth-order valence-corrected chi connectivity index (χ4v) is 1.54. The summed E-state index contributed by atoms with van der Waals surface area (Å²) in [6.07, 6.45) is 2.62. The molecule has 0 saturated heterocycles. The summed E-state index contributed by atoms with van der Waals surface area (Å²) in [6, 6.07) is 6.32. The Bertz CT molecular complexity index is 313. The molecule has 0 atom stereocenters. The van der Waals surface area contributed by atoms with Crippen LogP contribution in [0.5, 0.6) is 0 Å². The summed E-state index contributed by atoms with van der Waals surface area (Å²) in [5.41, 5.74) is 1.03. The largest absolute Gasteiger partial charge is 0.355 e. The first-order valence-corrected chi connectivity index (χ1v) is 6.12. The summed E-state index contributed by atoms with van der Waals surface area (Å²) in [4.78, 5) is 11.1. The number of rotatable bonds is 5. The normalized spacial score (nSPS) is 10.0. The molecule has 82 valence electrons. The highest BCUT2D eigenvalue weighted by atomic mass is 32.2. The van der Waals surface area contributed by atoms with Gasteiger partial charge in [0.15, 0.2) is 0 Å². The number of hydrogen-bond acceptors (Lipinski definition) is 2. The van der Waals surface area contributed by atoms with Gasteiger partial charge in [-0.2, -0.15) is 11.8 Å². The molecule has 0 aromatic heterocycles. The van der Waals surface area contributed by atoms with E-state index in [9.17, 15) is 9.18 Å². The number of carbonyl (C=O) groups is 1. The predicted molar refractivity (Wildman–Crippen MR) is 61.5 cm³/mol. The number of hydrogen-bond donors (Lipinski definition) is 1. The lowest BCUT2D eigenvalue weighted by molar-refractivity contribution is -0.118. The van der Waals surface area contributed by atoms with E-state index in [1.54, 1.807) is 12.1 Å². The minimum Gasteiger partial charge on any atom is -0.355 e. The second-order valence-corrected chi connectivity index (χ2v) is 4.03. The first kappa shape index (κ1) is 12.0. The Hall–Kier alpha value is -1.03. The zero-order valence-electron chi connectivity index (χ0n) is 8.63. The molecule has 0 aliphatic rings. The molecule has 0 bridgehead atoms. The van der Waals surface area contributed by atoms with Crippen LogP contribution in [0.25, 0.3) is 0 Å². The summed E-state index contributed by atoms with van der Waals surface area (Å²) in [5.74, 6) is 0.304. The van der Waals surface area contributed by atoms with Gasteiger partial charge in [0.25, 0.3) is 0 Å². The van der Waals surface area contributed by atoms with Crippen LogP contribution in [-0.4, -0.2) is 24.5 Å². The molecule has 0 fully saturated rings. The Balaban J connectivity index is 2.26. The molecule has 1 amide bonds. The van der Waals surface area contributed by atoms with Crippen LogP contribution in [0.4, 0.5) is 4.39 Å². The quantitative estimate of drug-likeness (QED) is 0.831. The van der Waals surface area contributed by atoms with Crippen molar-refractivity contribution < 1.29 is 9.18 Å². The van der Waals surface area contributed by atoms with E-state index in [0.717, 1.165) is 12.0 Å². The van der Waals surface area contributed by atoms with Crippen LogP contribution in [0.2, 0.25) is 0 Å². The Morgan fingerprint density at radius 1 is 1.40 bits per heavy atom. The first-order valence-electron chi connectivity index (χ1n) is 4.72. The van der Waals surface area contributed by atoms with Crippen molar-refractivity contribution in [3.05, 3.63) is 35.6 Å². The predicted octanol–water partition coefficient (Wildman–Crippen LogP) is 1.85. The minimum absolute atomic E-state index is 0.0459. The molecular weight excluding hydrogens is 213 g/mol. The molecule has 0 unspecified atom stereocenters. The third-order valence-electron chi connectivity index (χ3n) is 1.92. The maximum absolute atomic E-state index is 12.6. The lowest BCUT2D eigenvalue weighted by Crippen LogP contribution is -2.27. The van der Waals surface area contributed by atoms with E-state index in [2.05, 4.69) is 5.32 Å². The molecule has 0 heterocycles. The lowest BCUT2D eigenvalue weighted by Gasteiger charge is -2.04. The zero-order chi connectivity index (χ0) is 11.1. The highest BCUT2D eigenvalue weighted by Crippen LogP contribution is 2.02. The number of thioether (sulfide) groups is 1. The summed E-state index contributed by atoms with van der Waals surface area (Å²) < 4.78 is 12.6. The molecule has 1 aromatic carbocycles. The van der Waals surface area contributed by atoms with Crippen molar-refractivity contribution in [2.24, 2.45) is 0 Å². The smallest absolute Gasteiger partial charge is 0.229 e. The van der Waals surface area contributed by atoms with Gasteiger partial charge < -0.3 is 5.32 Å². The van der Waals surface area contributed by atoms with E-state index in [-0.39, 0.29) is 11.7 Å². The molecule has 0 aliphatic heterocycles. The molecule has 1 aromatic rings. The van der Waals surface area contributed by atoms with Gasteiger partial charge in [0.05, 0.1) is 5.75 Å². The fraction of sp³-hybridized carbons (Fsp3) is 0.364. The maximum Gasteiger partial charge on any atom is 0.229 e. The fourth-order valence-electron chi connectivity index (χ4n) is 1.18. The Labute approximate surface area is 93.3 Å².